The van der Waals surface area contributed by atoms with E-state index in [1.54, 1.807) is 18.2 Å². The normalized spacial score (nSPS) is 19.6. The molecule has 1 aliphatic carbocycles. The lowest BCUT2D eigenvalue weighted by Gasteiger charge is -2.21. The van der Waals surface area contributed by atoms with E-state index in [9.17, 15) is 22.0 Å². The lowest BCUT2D eigenvalue weighted by atomic mass is 9.90. The number of benzene rings is 1. The second-order valence-corrected chi connectivity index (χ2v) is 5.48. The maximum absolute atomic E-state index is 13.6. The van der Waals surface area contributed by atoms with Crippen LogP contribution >= 0.6 is 0 Å². The molecule has 1 aromatic heterocycles. The zero-order valence-electron chi connectivity index (χ0n) is 12.6. The van der Waals surface area contributed by atoms with Crippen LogP contribution in [0.25, 0.3) is 16.7 Å². The van der Waals surface area contributed by atoms with Gasteiger partial charge in [-0.25, -0.2) is 13.2 Å². The van der Waals surface area contributed by atoms with E-state index in [0.29, 0.717) is 17.2 Å². The first-order valence-corrected chi connectivity index (χ1v) is 7.14. The molecule has 126 valence electrons. The third-order valence-electron chi connectivity index (χ3n) is 3.75. The van der Waals surface area contributed by atoms with Crippen molar-refractivity contribution in [3.05, 3.63) is 59.9 Å². The molecule has 0 fully saturated rings. The number of hydrogen-bond acceptors (Lipinski definition) is 1. The van der Waals surface area contributed by atoms with Gasteiger partial charge in [0.25, 0.3) is 6.43 Å². The third-order valence-corrected chi connectivity index (χ3v) is 3.75. The van der Waals surface area contributed by atoms with E-state index in [0.717, 1.165) is 6.08 Å². The van der Waals surface area contributed by atoms with Crippen LogP contribution in [0.2, 0.25) is 0 Å². The summed E-state index contributed by atoms with van der Waals surface area (Å²) < 4.78 is 68.2. The Hall–Kier alpha value is -2.44. The predicted molar refractivity (Wildman–Crippen MR) is 80.6 cm³/mol. The fourth-order valence-electron chi connectivity index (χ4n) is 2.66. The van der Waals surface area contributed by atoms with E-state index in [4.69, 9.17) is 0 Å². The minimum atomic E-state index is -3.64. The Morgan fingerprint density at radius 2 is 1.79 bits per heavy atom. The van der Waals surface area contributed by atoms with Gasteiger partial charge in [-0.3, -0.25) is 4.68 Å². The van der Waals surface area contributed by atoms with Crippen molar-refractivity contribution >= 4 is 5.57 Å². The van der Waals surface area contributed by atoms with Gasteiger partial charge in [-0.2, -0.15) is 13.9 Å². The summed E-state index contributed by atoms with van der Waals surface area (Å²) in [6, 6.07) is 6.30. The van der Waals surface area contributed by atoms with Crippen molar-refractivity contribution < 1.29 is 22.0 Å². The van der Waals surface area contributed by atoms with Crippen LogP contribution in [0.1, 0.15) is 17.7 Å². The van der Waals surface area contributed by atoms with Crippen LogP contribution in [0.3, 0.4) is 0 Å². The first-order chi connectivity index (χ1) is 11.3. The molecule has 0 saturated heterocycles. The maximum atomic E-state index is 13.6. The van der Waals surface area contributed by atoms with Crippen molar-refractivity contribution in [3.8, 4) is 11.1 Å². The van der Waals surface area contributed by atoms with Crippen LogP contribution in [0.4, 0.5) is 22.0 Å². The van der Waals surface area contributed by atoms with E-state index in [2.05, 4.69) is 5.10 Å². The Morgan fingerprint density at radius 1 is 1.12 bits per heavy atom. The van der Waals surface area contributed by atoms with Gasteiger partial charge in [-0.1, -0.05) is 30.3 Å². The largest absolute Gasteiger partial charge is 0.301 e. The molecule has 3 rings (SSSR count). The topological polar surface area (TPSA) is 17.8 Å². The molecule has 1 unspecified atom stereocenters. The summed E-state index contributed by atoms with van der Waals surface area (Å²) in [7, 11) is 1.50. The maximum Gasteiger partial charge on any atom is 0.301 e. The van der Waals surface area contributed by atoms with E-state index < -0.39 is 24.2 Å². The van der Waals surface area contributed by atoms with Crippen molar-refractivity contribution in [1.82, 2.24) is 9.78 Å². The molecule has 2 aromatic rings. The molecule has 7 heteroatoms. The van der Waals surface area contributed by atoms with E-state index >= 15 is 0 Å². The lowest BCUT2D eigenvalue weighted by Crippen LogP contribution is -2.28. The summed E-state index contributed by atoms with van der Waals surface area (Å²) >= 11 is 0. The Kier molecular flexibility index (Phi) is 4.03. The molecular weight excluding hydrogens is 327 g/mol. The summed E-state index contributed by atoms with van der Waals surface area (Å²) in [4.78, 5) is 0. The average molecular weight is 340 g/mol. The monoisotopic (exact) mass is 340 g/mol. The highest BCUT2D eigenvalue weighted by Gasteiger charge is 2.39. The number of alkyl halides is 5. The van der Waals surface area contributed by atoms with Gasteiger partial charge in [0.05, 0.1) is 0 Å². The number of allylic oxidation sites excluding steroid dienone is 4. The fourth-order valence-corrected chi connectivity index (χ4v) is 2.66. The molecule has 24 heavy (non-hydrogen) atoms. The van der Waals surface area contributed by atoms with Crippen molar-refractivity contribution in [2.45, 2.75) is 18.5 Å². The number of aryl methyl sites for hydroxylation is 1. The molecule has 1 aromatic carbocycles. The minimum absolute atomic E-state index is 0.0774. The molecule has 0 amide bonds. The smallest absolute Gasteiger partial charge is 0.275 e. The highest BCUT2D eigenvalue weighted by molar-refractivity contribution is 5.87. The molecule has 0 aliphatic heterocycles. The molecule has 1 atom stereocenters. The number of nitrogens with zero attached hydrogens (tertiary/aromatic N) is 2. The van der Waals surface area contributed by atoms with Gasteiger partial charge in [0, 0.05) is 18.8 Å². The van der Waals surface area contributed by atoms with Crippen LogP contribution in [0, 0.1) is 0 Å². The van der Waals surface area contributed by atoms with Crippen molar-refractivity contribution in [1.29, 1.82) is 0 Å². The van der Waals surface area contributed by atoms with Crippen LogP contribution in [-0.4, -0.2) is 21.9 Å². The Morgan fingerprint density at radius 3 is 2.42 bits per heavy atom. The molecule has 0 N–H and O–H groups in total. The van der Waals surface area contributed by atoms with Crippen LogP contribution < -0.4 is 0 Å². The average Bonchev–Trinajstić information content (AvgIpc) is 2.92. The molecule has 1 heterocycles. The van der Waals surface area contributed by atoms with Gasteiger partial charge in [0.1, 0.15) is 5.69 Å². The zero-order valence-corrected chi connectivity index (χ0v) is 12.6. The predicted octanol–water partition coefficient (Wildman–Crippen LogP) is 4.95. The second-order valence-electron chi connectivity index (χ2n) is 5.48. The van der Waals surface area contributed by atoms with Crippen molar-refractivity contribution in [3.63, 3.8) is 0 Å². The van der Waals surface area contributed by atoms with Gasteiger partial charge in [0.15, 0.2) is 6.17 Å². The molecule has 1 aliphatic rings. The molecule has 0 spiro atoms. The summed E-state index contributed by atoms with van der Waals surface area (Å²) in [6.45, 7) is 0. The molecule has 0 saturated carbocycles. The van der Waals surface area contributed by atoms with Crippen LogP contribution in [0.5, 0.6) is 0 Å². The number of hydrogen-bond donors (Lipinski definition) is 0. The molecule has 0 bridgehead atoms. The summed E-state index contributed by atoms with van der Waals surface area (Å²) in [5.74, 6) is -3.64. The van der Waals surface area contributed by atoms with Gasteiger partial charge in [-0.15, -0.1) is 0 Å². The lowest BCUT2D eigenvalue weighted by molar-refractivity contribution is -0.00676. The standard InChI is InChI=1S/C17H13F5N2/c1-24-9-13(15(23-24)16(19)20)12-5-3-2-4-11(12)10-6-7-14(18)17(21,22)8-10/h2-9,14,16H,1H3. The van der Waals surface area contributed by atoms with E-state index in [-0.39, 0.29) is 11.1 Å². The Balaban J connectivity index is 2.16. The Labute approximate surface area is 134 Å². The first-order valence-electron chi connectivity index (χ1n) is 7.14. The van der Waals surface area contributed by atoms with Gasteiger partial charge < -0.3 is 0 Å². The number of aromatic nitrogens is 2. The molecule has 2 nitrogen and oxygen atoms in total. The number of halogens is 5. The highest BCUT2D eigenvalue weighted by atomic mass is 19.3. The zero-order chi connectivity index (χ0) is 17.5. The SMILES string of the molecule is Cn1cc(-c2ccccc2C2=CC(F)(F)C(F)C=C2)c(C(F)F)n1. The van der Waals surface area contributed by atoms with Crippen molar-refractivity contribution in [2.75, 3.05) is 0 Å². The third kappa shape index (κ3) is 2.86. The summed E-state index contributed by atoms with van der Waals surface area (Å²) in [6.07, 6.45) is -1.27. The molecule has 0 radical (unpaired) electrons. The fraction of sp³-hybridized carbons (Fsp3) is 0.235. The Bertz CT molecular complexity index is 820. The van der Waals surface area contributed by atoms with Crippen LogP contribution in [-0.2, 0) is 7.05 Å². The van der Waals surface area contributed by atoms with Gasteiger partial charge in [0.2, 0.25) is 0 Å². The van der Waals surface area contributed by atoms with E-state index in [1.807, 2.05) is 0 Å². The summed E-state index contributed by atoms with van der Waals surface area (Å²) in [5, 5.41) is 3.73. The second kappa shape index (κ2) is 5.89. The first kappa shape index (κ1) is 16.4. The minimum Gasteiger partial charge on any atom is -0.275 e. The quantitative estimate of drug-likeness (QED) is 0.723. The van der Waals surface area contributed by atoms with E-state index in [1.165, 1.54) is 30.1 Å². The molecular formula is C17H13F5N2. The summed E-state index contributed by atoms with van der Waals surface area (Å²) in [5.41, 5.74) is 0.456. The van der Waals surface area contributed by atoms with Crippen molar-refractivity contribution in [2.24, 2.45) is 7.05 Å². The van der Waals surface area contributed by atoms with Crippen LogP contribution in [0.15, 0.2) is 48.7 Å². The van der Waals surface area contributed by atoms with Gasteiger partial charge in [-0.05, 0) is 28.9 Å². The number of rotatable bonds is 3. The van der Waals surface area contributed by atoms with Gasteiger partial charge >= 0.3 is 5.92 Å². The highest BCUT2D eigenvalue weighted by Crippen LogP contribution is 2.39.